The molecule has 256 valence electrons. The fourth-order valence-electron chi connectivity index (χ4n) is 6.31. The maximum absolute atomic E-state index is 14.7. The second-order valence-electron chi connectivity index (χ2n) is 12.9. The van der Waals surface area contributed by atoms with Crippen molar-refractivity contribution in [3.8, 4) is 0 Å². The van der Waals surface area contributed by atoms with Crippen molar-refractivity contribution >= 4 is 46.1 Å². The van der Waals surface area contributed by atoms with Gasteiger partial charge in [0.15, 0.2) is 0 Å². The standard InChI is InChI=1S/C36H44Cl2N6O4/c1-7-20(3)30(41-35(46)47-19-24-12-10-9-11-13-24)22(5)42-36(34(45)40-31(21(4)8-2)33-44-43-23(6)48-33)15-14-29-27(18-36)26-16-25(37)17-28(38)32(26)39-29/h9-13,16-17,20-21,30-31,39,42H,5,7-8,14-15,18-19H2,1-4,6H3,(H,40,45)(H,41,46)/t20?,21?,30-,31-,36+/m0/s1. The highest BCUT2D eigenvalue weighted by molar-refractivity contribution is 6.38. The predicted molar refractivity (Wildman–Crippen MR) is 188 cm³/mol. The number of nitrogens with one attached hydrogen (secondary N) is 4. The van der Waals surface area contributed by atoms with Crippen molar-refractivity contribution in [3.63, 3.8) is 0 Å². The molecule has 0 saturated carbocycles. The second-order valence-corrected chi connectivity index (χ2v) is 13.7. The summed E-state index contributed by atoms with van der Waals surface area (Å²) in [6, 6.07) is 12.0. The fraction of sp³-hybridized carbons (Fsp3) is 0.444. The molecule has 12 heteroatoms. The first kappa shape index (κ1) is 35.3. The molecule has 1 aliphatic rings. The molecule has 2 unspecified atom stereocenters. The zero-order valence-corrected chi connectivity index (χ0v) is 29.6. The Morgan fingerprint density at radius 1 is 1.08 bits per heavy atom. The third-order valence-corrected chi connectivity index (χ3v) is 10.0. The molecule has 2 aromatic heterocycles. The molecule has 5 atom stereocenters. The maximum Gasteiger partial charge on any atom is 0.408 e. The SMILES string of the molecule is C=C(N[C@]1(C(=O)N[C@H](c2nnc(C)o2)C(C)CC)CCc2[nH]c3c(Cl)cc(Cl)cc3c2C1)[C@@H](NC(=O)OCc1ccccc1)C(C)CC. The summed E-state index contributed by atoms with van der Waals surface area (Å²) >= 11 is 13.0. The van der Waals surface area contributed by atoms with E-state index in [1.54, 1.807) is 13.0 Å². The Hall–Kier alpha value is -4.02. The first-order valence-electron chi connectivity index (χ1n) is 16.5. The van der Waals surface area contributed by atoms with Crippen LogP contribution in [0.5, 0.6) is 0 Å². The number of aromatic nitrogens is 3. The number of halogens is 2. The Bertz CT molecular complexity index is 1770. The number of alkyl carbamates (subject to hydrolysis) is 1. The van der Waals surface area contributed by atoms with E-state index in [0.29, 0.717) is 46.8 Å². The molecule has 4 N–H and O–H groups in total. The second kappa shape index (κ2) is 15.0. The van der Waals surface area contributed by atoms with Gasteiger partial charge in [-0.1, -0.05) is 101 Å². The minimum atomic E-state index is -1.16. The lowest BCUT2D eigenvalue weighted by atomic mass is 9.77. The van der Waals surface area contributed by atoms with Crippen molar-refractivity contribution in [1.29, 1.82) is 0 Å². The quantitative estimate of drug-likeness (QED) is 0.112. The van der Waals surface area contributed by atoms with Crippen molar-refractivity contribution in [2.75, 3.05) is 0 Å². The van der Waals surface area contributed by atoms with E-state index in [0.717, 1.165) is 40.6 Å². The number of hydrogen-bond acceptors (Lipinski definition) is 7. The van der Waals surface area contributed by atoms with Gasteiger partial charge in [0.25, 0.3) is 0 Å². The van der Waals surface area contributed by atoms with Gasteiger partial charge in [0.1, 0.15) is 18.2 Å². The maximum atomic E-state index is 14.7. The number of H-pyrrole nitrogens is 1. The van der Waals surface area contributed by atoms with E-state index in [-0.39, 0.29) is 24.3 Å². The van der Waals surface area contributed by atoms with Crippen LogP contribution in [0.1, 0.15) is 81.6 Å². The number of ether oxygens (including phenoxy) is 1. The molecule has 2 amide bonds. The Morgan fingerprint density at radius 2 is 1.81 bits per heavy atom. The van der Waals surface area contributed by atoms with Gasteiger partial charge in [0.2, 0.25) is 17.7 Å². The minimum Gasteiger partial charge on any atom is -0.445 e. The number of fused-ring (bicyclic) bond motifs is 3. The molecule has 10 nitrogen and oxygen atoms in total. The molecule has 0 bridgehead atoms. The van der Waals surface area contributed by atoms with Gasteiger partial charge >= 0.3 is 6.09 Å². The summed E-state index contributed by atoms with van der Waals surface area (Å²) in [6.45, 7) is 14.4. The molecule has 2 heterocycles. The normalized spacial score (nSPS) is 18.3. The number of amides is 2. The summed E-state index contributed by atoms with van der Waals surface area (Å²) in [4.78, 5) is 31.3. The number of aryl methyl sites for hydroxylation is 2. The van der Waals surface area contributed by atoms with Gasteiger partial charge in [-0.3, -0.25) is 4.79 Å². The molecule has 0 radical (unpaired) electrons. The highest BCUT2D eigenvalue weighted by Gasteiger charge is 2.45. The summed E-state index contributed by atoms with van der Waals surface area (Å²) in [5.41, 5.74) is 2.95. The summed E-state index contributed by atoms with van der Waals surface area (Å²) < 4.78 is 11.4. The van der Waals surface area contributed by atoms with E-state index in [9.17, 15) is 9.59 Å². The molecule has 48 heavy (non-hydrogen) atoms. The number of rotatable bonds is 13. The monoisotopic (exact) mass is 694 g/mol. The van der Waals surface area contributed by atoms with Crippen molar-refractivity contribution in [2.24, 2.45) is 11.8 Å². The van der Waals surface area contributed by atoms with Gasteiger partial charge in [0.05, 0.1) is 16.6 Å². The first-order chi connectivity index (χ1) is 22.9. The van der Waals surface area contributed by atoms with Crippen LogP contribution in [0.25, 0.3) is 10.9 Å². The first-order valence-corrected chi connectivity index (χ1v) is 17.2. The van der Waals surface area contributed by atoms with E-state index in [4.69, 9.17) is 32.4 Å². The molecular weight excluding hydrogens is 651 g/mol. The van der Waals surface area contributed by atoms with Crippen LogP contribution in [0.4, 0.5) is 4.79 Å². The van der Waals surface area contributed by atoms with Crippen molar-refractivity contribution in [3.05, 3.63) is 93.4 Å². The highest BCUT2D eigenvalue weighted by atomic mass is 35.5. The fourth-order valence-corrected chi connectivity index (χ4v) is 6.85. The smallest absolute Gasteiger partial charge is 0.408 e. The van der Waals surface area contributed by atoms with Crippen LogP contribution in [0.15, 0.2) is 59.2 Å². The van der Waals surface area contributed by atoms with E-state index in [2.05, 4.69) is 44.6 Å². The zero-order chi connectivity index (χ0) is 34.6. The molecular formula is C36H44Cl2N6O4. The summed E-state index contributed by atoms with van der Waals surface area (Å²) in [6.07, 6.45) is 2.26. The van der Waals surface area contributed by atoms with Crippen molar-refractivity contribution in [1.82, 2.24) is 31.1 Å². The largest absolute Gasteiger partial charge is 0.445 e. The van der Waals surface area contributed by atoms with Crippen molar-refractivity contribution < 1.29 is 18.7 Å². The van der Waals surface area contributed by atoms with Gasteiger partial charge in [-0.25, -0.2) is 4.79 Å². The minimum absolute atomic E-state index is 0.00724. The predicted octanol–water partition coefficient (Wildman–Crippen LogP) is 7.74. The number of hydrogen-bond donors (Lipinski definition) is 4. The molecule has 2 aromatic carbocycles. The summed E-state index contributed by atoms with van der Waals surface area (Å²) in [7, 11) is 0. The lowest BCUT2D eigenvalue weighted by Crippen LogP contribution is -2.62. The van der Waals surface area contributed by atoms with E-state index in [1.807, 2.05) is 57.2 Å². The lowest BCUT2D eigenvalue weighted by molar-refractivity contribution is -0.129. The number of nitrogens with zero attached hydrogens (tertiary/aromatic N) is 2. The van der Waals surface area contributed by atoms with Gasteiger partial charge in [-0.05, 0) is 47.9 Å². The van der Waals surface area contributed by atoms with Crippen LogP contribution in [0.2, 0.25) is 10.0 Å². The average Bonchev–Trinajstić information content (AvgIpc) is 3.67. The zero-order valence-electron chi connectivity index (χ0n) is 28.1. The van der Waals surface area contributed by atoms with Gasteiger partial charge < -0.3 is 30.1 Å². The highest BCUT2D eigenvalue weighted by Crippen LogP contribution is 2.39. The van der Waals surface area contributed by atoms with Crippen LogP contribution in [0.3, 0.4) is 0 Å². The molecule has 1 aliphatic carbocycles. The third-order valence-electron chi connectivity index (χ3n) is 9.52. The van der Waals surface area contributed by atoms with Crippen LogP contribution in [-0.2, 0) is 29.0 Å². The number of carbonyl (C=O) groups excluding carboxylic acids is 2. The van der Waals surface area contributed by atoms with Gasteiger partial charge in [0, 0.05) is 35.1 Å². The summed E-state index contributed by atoms with van der Waals surface area (Å²) in [5, 5.41) is 20.0. The van der Waals surface area contributed by atoms with E-state index < -0.39 is 23.7 Å². The number of aromatic amines is 1. The lowest BCUT2D eigenvalue weighted by Gasteiger charge is -2.41. The number of carbonyl (C=O) groups is 2. The Labute approximate surface area is 291 Å². The Balaban J connectivity index is 1.47. The number of benzene rings is 2. The van der Waals surface area contributed by atoms with Crippen LogP contribution >= 0.6 is 23.2 Å². The third kappa shape index (κ3) is 7.65. The molecule has 0 aliphatic heterocycles. The van der Waals surface area contributed by atoms with Gasteiger partial charge in [-0.2, -0.15) is 0 Å². The molecule has 0 spiro atoms. The van der Waals surface area contributed by atoms with Crippen molar-refractivity contribution in [2.45, 2.75) is 91.0 Å². The molecule has 4 aromatic rings. The average molecular weight is 696 g/mol. The van der Waals surface area contributed by atoms with Gasteiger partial charge in [-0.15, -0.1) is 10.2 Å². The topological polar surface area (TPSA) is 134 Å². The molecule has 5 rings (SSSR count). The molecule has 0 fully saturated rings. The van der Waals surface area contributed by atoms with Crippen LogP contribution in [0, 0.1) is 18.8 Å². The van der Waals surface area contributed by atoms with E-state index in [1.165, 1.54) is 0 Å². The van der Waals surface area contributed by atoms with Crippen LogP contribution in [-0.4, -0.2) is 38.8 Å². The Morgan fingerprint density at radius 3 is 2.48 bits per heavy atom. The Kier molecular flexibility index (Phi) is 11.1. The van der Waals surface area contributed by atoms with Crippen LogP contribution < -0.4 is 16.0 Å². The van der Waals surface area contributed by atoms with E-state index >= 15 is 0 Å². The summed E-state index contributed by atoms with van der Waals surface area (Å²) in [5.74, 6) is 0.519. The molecule has 0 saturated heterocycles.